The van der Waals surface area contributed by atoms with Crippen LogP contribution in [-0.4, -0.2) is 35.0 Å². The van der Waals surface area contributed by atoms with Crippen molar-refractivity contribution in [3.8, 4) is 22.6 Å². The highest BCUT2D eigenvalue weighted by molar-refractivity contribution is 7.20. The average molecular weight is 475 g/mol. The molecule has 0 saturated carbocycles. The van der Waals surface area contributed by atoms with Gasteiger partial charge in [0.25, 0.3) is 5.91 Å². The summed E-state index contributed by atoms with van der Waals surface area (Å²) < 4.78 is 11.1. The number of nitrogens with zero attached hydrogens (tertiary/aromatic N) is 4. The number of hydrogen-bond donors (Lipinski definition) is 0. The summed E-state index contributed by atoms with van der Waals surface area (Å²) in [7, 11) is 1.65. The second-order valence-corrected chi connectivity index (χ2v) is 9.49. The summed E-state index contributed by atoms with van der Waals surface area (Å²) >= 11 is 1.45. The molecular formula is C26H26N4O3S. The van der Waals surface area contributed by atoms with Crippen LogP contribution in [0.15, 0.2) is 65.7 Å². The summed E-state index contributed by atoms with van der Waals surface area (Å²) in [5, 5.41) is 10.3. The fourth-order valence-corrected chi connectivity index (χ4v) is 5.45. The number of aromatic nitrogens is 1. The van der Waals surface area contributed by atoms with Crippen LogP contribution in [0.5, 0.6) is 5.75 Å². The number of benzene rings is 1. The first kappa shape index (κ1) is 23.3. The lowest BCUT2D eigenvalue weighted by atomic mass is 9.91. The van der Waals surface area contributed by atoms with Crippen LogP contribution >= 0.6 is 11.3 Å². The Kier molecular flexibility index (Phi) is 6.07. The summed E-state index contributed by atoms with van der Waals surface area (Å²) in [6.45, 7) is 14.2. The summed E-state index contributed by atoms with van der Waals surface area (Å²) in [5.74, 6) is 1.54. The topological polar surface area (TPSA) is 82.6 Å². The lowest BCUT2D eigenvalue weighted by Crippen LogP contribution is -2.54. The van der Waals surface area contributed by atoms with Crippen molar-refractivity contribution in [2.45, 2.75) is 32.7 Å². The minimum absolute atomic E-state index is 0.221. The minimum atomic E-state index is -0.958. The number of amides is 1. The van der Waals surface area contributed by atoms with Gasteiger partial charge in [0.2, 0.25) is 5.89 Å². The van der Waals surface area contributed by atoms with Crippen molar-refractivity contribution in [1.29, 1.82) is 5.26 Å². The first-order chi connectivity index (χ1) is 16.2. The Bertz CT molecular complexity index is 1310. The standard InChI is InChI=1S/C26H26N4O3S/c1-16(15-27)26(4,5)30-18(3)29(13-11-19-9-7-8-10-20(19)32-6)25-21(24(30)31)17(2)22(34-25)23-28-12-14-33-23/h7-10,12,14H,1,3,11,13H2,2,4-6H3. The monoisotopic (exact) mass is 474 g/mol. The molecule has 8 heteroatoms. The molecule has 7 nitrogen and oxygen atoms in total. The maximum Gasteiger partial charge on any atom is 0.263 e. The molecule has 0 saturated heterocycles. The normalized spacial score (nSPS) is 13.6. The number of para-hydroxylation sites is 1. The molecule has 2 aromatic heterocycles. The average Bonchev–Trinajstić information content (AvgIpc) is 3.46. The first-order valence-electron chi connectivity index (χ1n) is 10.8. The molecule has 0 atom stereocenters. The second-order valence-electron chi connectivity index (χ2n) is 8.49. The van der Waals surface area contributed by atoms with E-state index >= 15 is 0 Å². The first-order valence-corrected chi connectivity index (χ1v) is 11.6. The number of oxazole rings is 1. The Morgan fingerprint density at radius 1 is 1.35 bits per heavy atom. The highest BCUT2D eigenvalue weighted by Gasteiger charge is 2.45. The van der Waals surface area contributed by atoms with Gasteiger partial charge in [0.05, 0.1) is 35.4 Å². The van der Waals surface area contributed by atoms with E-state index in [2.05, 4.69) is 24.2 Å². The van der Waals surface area contributed by atoms with Gasteiger partial charge in [-0.15, -0.1) is 11.3 Å². The van der Waals surface area contributed by atoms with Gasteiger partial charge >= 0.3 is 0 Å². The molecule has 0 unspecified atom stereocenters. The number of anilines is 1. The van der Waals surface area contributed by atoms with Crippen LogP contribution in [0.25, 0.3) is 10.8 Å². The van der Waals surface area contributed by atoms with Gasteiger partial charge in [-0.05, 0) is 44.4 Å². The maximum absolute atomic E-state index is 13.8. The molecule has 34 heavy (non-hydrogen) atoms. The molecule has 0 radical (unpaired) electrons. The number of hydrogen-bond acceptors (Lipinski definition) is 7. The number of ether oxygens (including phenoxy) is 1. The largest absolute Gasteiger partial charge is 0.496 e. The molecule has 1 amide bonds. The van der Waals surface area contributed by atoms with Gasteiger partial charge < -0.3 is 14.1 Å². The molecule has 174 valence electrons. The van der Waals surface area contributed by atoms with Crippen LogP contribution in [0.3, 0.4) is 0 Å². The van der Waals surface area contributed by atoms with Crippen LogP contribution in [0, 0.1) is 18.3 Å². The smallest absolute Gasteiger partial charge is 0.263 e. The van der Waals surface area contributed by atoms with Crippen molar-refractivity contribution in [1.82, 2.24) is 9.88 Å². The summed E-state index contributed by atoms with van der Waals surface area (Å²) in [6, 6.07) is 9.97. The Morgan fingerprint density at radius 2 is 2.09 bits per heavy atom. The summed E-state index contributed by atoms with van der Waals surface area (Å²) in [5.41, 5.74) is 1.71. The second kappa shape index (κ2) is 8.84. The quantitative estimate of drug-likeness (QED) is 0.417. The van der Waals surface area contributed by atoms with Gasteiger partial charge in [0.15, 0.2) is 0 Å². The van der Waals surface area contributed by atoms with E-state index in [-0.39, 0.29) is 11.5 Å². The lowest BCUT2D eigenvalue weighted by molar-refractivity contribution is 0.0683. The van der Waals surface area contributed by atoms with Crippen LogP contribution in [0.2, 0.25) is 0 Å². The number of thiophene rings is 1. The molecule has 0 fully saturated rings. The molecule has 0 N–H and O–H groups in total. The fourth-order valence-electron chi connectivity index (χ4n) is 4.17. The molecule has 4 rings (SSSR count). The Labute approximate surface area is 203 Å². The van der Waals surface area contributed by atoms with E-state index < -0.39 is 5.54 Å². The Balaban J connectivity index is 1.83. The van der Waals surface area contributed by atoms with Crippen molar-refractivity contribution < 1.29 is 13.9 Å². The summed E-state index contributed by atoms with van der Waals surface area (Å²) in [4.78, 5) is 22.5. The number of methoxy groups -OCH3 is 1. The molecule has 3 aromatic rings. The third-order valence-electron chi connectivity index (χ3n) is 6.22. The van der Waals surface area contributed by atoms with Gasteiger partial charge in [-0.2, -0.15) is 5.26 Å². The van der Waals surface area contributed by atoms with Crippen molar-refractivity contribution in [2.75, 3.05) is 18.6 Å². The highest BCUT2D eigenvalue weighted by Crippen LogP contribution is 2.48. The predicted molar refractivity (Wildman–Crippen MR) is 133 cm³/mol. The van der Waals surface area contributed by atoms with E-state index in [0.29, 0.717) is 30.2 Å². The molecule has 0 aliphatic carbocycles. The molecule has 3 heterocycles. The lowest BCUT2D eigenvalue weighted by Gasteiger charge is -2.46. The molecule has 1 aliphatic rings. The minimum Gasteiger partial charge on any atom is -0.496 e. The fraction of sp³-hybridized carbons (Fsp3) is 0.269. The zero-order chi connectivity index (χ0) is 24.6. The van der Waals surface area contributed by atoms with Crippen molar-refractivity contribution in [3.05, 3.63) is 78.0 Å². The third-order valence-corrected chi connectivity index (χ3v) is 7.52. The molecule has 0 bridgehead atoms. The number of fused-ring (bicyclic) bond motifs is 1. The number of carbonyl (C=O) groups excluding carboxylic acids is 1. The Hall–Kier alpha value is -3.83. The number of nitriles is 1. The van der Waals surface area contributed by atoms with Crippen molar-refractivity contribution in [3.63, 3.8) is 0 Å². The van der Waals surface area contributed by atoms with E-state index in [1.165, 1.54) is 17.6 Å². The maximum atomic E-state index is 13.8. The van der Waals surface area contributed by atoms with Gasteiger partial charge in [0.1, 0.15) is 22.8 Å². The molecule has 0 spiro atoms. The van der Waals surface area contributed by atoms with E-state index in [1.807, 2.05) is 49.9 Å². The van der Waals surface area contributed by atoms with Crippen LogP contribution in [-0.2, 0) is 6.42 Å². The molecule has 1 aliphatic heterocycles. The zero-order valence-electron chi connectivity index (χ0n) is 19.7. The third kappa shape index (κ3) is 3.68. The van der Waals surface area contributed by atoms with Gasteiger partial charge in [0, 0.05) is 12.1 Å². The van der Waals surface area contributed by atoms with E-state index in [4.69, 9.17) is 9.15 Å². The SMILES string of the molecule is C=C1N(CCc2ccccc2OC)c2sc(-c3ncco3)c(C)c2C(=O)N1C(C)(C)C(=C)C#N. The van der Waals surface area contributed by atoms with Crippen LogP contribution in [0.1, 0.15) is 35.3 Å². The van der Waals surface area contributed by atoms with Crippen molar-refractivity contribution >= 4 is 22.2 Å². The van der Waals surface area contributed by atoms with E-state index in [9.17, 15) is 10.1 Å². The van der Waals surface area contributed by atoms with Crippen LogP contribution in [0.4, 0.5) is 5.00 Å². The number of rotatable bonds is 7. The number of carbonyl (C=O) groups is 1. The van der Waals surface area contributed by atoms with E-state index in [1.54, 1.807) is 18.2 Å². The van der Waals surface area contributed by atoms with Gasteiger partial charge in [-0.3, -0.25) is 9.69 Å². The zero-order valence-corrected chi connectivity index (χ0v) is 20.5. The van der Waals surface area contributed by atoms with Crippen LogP contribution < -0.4 is 9.64 Å². The molecular weight excluding hydrogens is 448 g/mol. The Morgan fingerprint density at radius 3 is 2.74 bits per heavy atom. The highest BCUT2D eigenvalue weighted by atomic mass is 32.1. The molecule has 1 aromatic carbocycles. The van der Waals surface area contributed by atoms with Gasteiger partial charge in [-0.25, -0.2) is 4.98 Å². The van der Waals surface area contributed by atoms with Gasteiger partial charge in [-0.1, -0.05) is 31.4 Å². The van der Waals surface area contributed by atoms with Crippen molar-refractivity contribution in [2.24, 2.45) is 0 Å². The summed E-state index contributed by atoms with van der Waals surface area (Å²) in [6.07, 6.45) is 3.76. The van der Waals surface area contributed by atoms with E-state index in [0.717, 1.165) is 26.8 Å². The predicted octanol–water partition coefficient (Wildman–Crippen LogP) is 5.55.